The Labute approximate surface area is 107 Å². The summed E-state index contributed by atoms with van der Waals surface area (Å²) >= 11 is 0. The molecule has 0 amide bonds. The van der Waals surface area contributed by atoms with Crippen molar-refractivity contribution in [3.63, 3.8) is 0 Å². The Morgan fingerprint density at radius 3 is 2.61 bits per heavy atom. The fraction of sp³-hybridized carbons (Fsp3) is 0.385. The molecule has 0 saturated heterocycles. The van der Waals surface area contributed by atoms with E-state index in [4.69, 9.17) is 5.11 Å². The Hall–Kier alpha value is -1.17. The van der Waals surface area contributed by atoms with Crippen molar-refractivity contribution in [1.29, 1.82) is 0 Å². The van der Waals surface area contributed by atoms with Crippen molar-refractivity contribution in [3.05, 3.63) is 41.3 Å². The number of aliphatic hydroxyl groups is 1. The van der Waals surface area contributed by atoms with Crippen molar-refractivity contribution in [2.24, 2.45) is 0 Å². The van der Waals surface area contributed by atoms with Gasteiger partial charge in [0.05, 0.1) is 9.80 Å². The zero-order valence-corrected chi connectivity index (χ0v) is 10.9. The van der Waals surface area contributed by atoms with E-state index >= 15 is 0 Å². The minimum Gasteiger partial charge on any atom is -0.396 e. The Balaban J connectivity index is 2.10. The van der Waals surface area contributed by atoms with Gasteiger partial charge in [-0.2, -0.15) is 0 Å². The van der Waals surface area contributed by atoms with Crippen LogP contribution in [0.5, 0.6) is 0 Å². The van der Waals surface area contributed by atoms with Crippen molar-refractivity contribution in [2.45, 2.75) is 11.3 Å². The lowest BCUT2D eigenvalue weighted by Gasteiger charge is -2.14. The highest BCUT2D eigenvalue weighted by atomic mass is 32.2. The van der Waals surface area contributed by atoms with Crippen molar-refractivity contribution in [3.8, 4) is 0 Å². The first kappa shape index (κ1) is 13.3. The lowest BCUT2D eigenvalue weighted by molar-refractivity contribution is 0.251. The molecule has 0 spiro atoms. The van der Waals surface area contributed by atoms with Crippen LogP contribution in [-0.4, -0.2) is 44.7 Å². The summed E-state index contributed by atoms with van der Waals surface area (Å²) in [7, 11) is -3.34. The number of hydrogen-bond donors (Lipinski definition) is 1. The molecule has 2 rings (SSSR count). The van der Waals surface area contributed by atoms with Gasteiger partial charge in [0.1, 0.15) is 0 Å². The summed E-state index contributed by atoms with van der Waals surface area (Å²) in [6.07, 6.45) is 2.44. The van der Waals surface area contributed by atoms with E-state index in [-0.39, 0.29) is 6.61 Å². The molecule has 1 aliphatic heterocycles. The molecule has 1 aliphatic rings. The molecule has 4 nitrogen and oxygen atoms in total. The quantitative estimate of drug-likeness (QED) is 0.866. The molecule has 1 aromatic rings. The van der Waals surface area contributed by atoms with Crippen molar-refractivity contribution >= 4 is 9.84 Å². The van der Waals surface area contributed by atoms with Gasteiger partial charge in [0.2, 0.25) is 9.84 Å². The van der Waals surface area contributed by atoms with Crippen LogP contribution in [0.2, 0.25) is 0 Å². The van der Waals surface area contributed by atoms with Gasteiger partial charge in [-0.05, 0) is 18.6 Å². The summed E-state index contributed by atoms with van der Waals surface area (Å²) in [5.74, 6) is 0. The predicted molar refractivity (Wildman–Crippen MR) is 69.9 cm³/mol. The Morgan fingerprint density at radius 2 is 1.94 bits per heavy atom. The molecule has 0 aliphatic carbocycles. The molecule has 18 heavy (non-hydrogen) atoms. The second-order valence-corrected chi connectivity index (χ2v) is 6.30. The molecule has 1 heterocycles. The van der Waals surface area contributed by atoms with Crippen LogP contribution in [0.4, 0.5) is 0 Å². The fourth-order valence-electron chi connectivity index (χ4n) is 1.99. The molecule has 0 saturated carbocycles. The first-order chi connectivity index (χ1) is 8.64. The molecule has 0 fully saturated rings. The molecule has 1 aromatic carbocycles. The third-order valence-corrected chi connectivity index (χ3v) is 4.87. The smallest absolute Gasteiger partial charge is 0.203 e. The van der Waals surface area contributed by atoms with Gasteiger partial charge < -0.3 is 5.11 Å². The van der Waals surface area contributed by atoms with Gasteiger partial charge in [-0.3, -0.25) is 4.90 Å². The molecular weight excluding hydrogens is 250 g/mol. The van der Waals surface area contributed by atoms with Crippen LogP contribution in [0.1, 0.15) is 6.42 Å². The maximum atomic E-state index is 12.3. The fourth-order valence-corrected chi connectivity index (χ4v) is 3.46. The van der Waals surface area contributed by atoms with Crippen LogP contribution in [0.25, 0.3) is 0 Å². The van der Waals surface area contributed by atoms with Crippen LogP contribution < -0.4 is 0 Å². The van der Waals surface area contributed by atoms with Gasteiger partial charge in [0.25, 0.3) is 0 Å². The number of benzene rings is 1. The predicted octanol–water partition coefficient (Wildman–Crippen LogP) is 1.04. The standard InChI is InChI=1S/C13H17NO3S/c15-10-4-8-14-9-7-13(11-14)18(16,17)12-5-2-1-3-6-12/h1-3,5-7,15H,4,8-11H2. The Morgan fingerprint density at radius 1 is 1.22 bits per heavy atom. The van der Waals surface area contributed by atoms with E-state index in [2.05, 4.69) is 0 Å². The summed E-state index contributed by atoms with van der Waals surface area (Å²) < 4.78 is 24.6. The lowest BCUT2D eigenvalue weighted by atomic mass is 10.4. The number of nitrogens with zero attached hydrogens (tertiary/aromatic N) is 1. The van der Waals surface area contributed by atoms with Crippen molar-refractivity contribution in [2.75, 3.05) is 26.2 Å². The molecule has 0 bridgehead atoms. The number of rotatable bonds is 5. The van der Waals surface area contributed by atoms with Crippen LogP contribution in [0.15, 0.2) is 46.2 Å². The summed E-state index contributed by atoms with van der Waals surface area (Å²) in [6.45, 7) is 1.94. The highest BCUT2D eigenvalue weighted by molar-refractivity contribution is 7.95. The Bertz CT molecular complexity index is 522. The first-order valence-corrected chi connectivity index (χ1v) is 7.45. The monoisotopic (exact) mass is 267 g/mol. The minimum atomic E-state index is -3.34. The number of sulfone groups is 1. The second-order valence-electron chi connectivity index (χ2n) is 4.30. The molecule has 0 radical (unpaired) electrons. The van der Waals surface area contributed by atoms with Gasteiger partial charge in [-0.15, -0.1) is 0 Å². The molecular formula is C13H17NO3S. The highest BCUT2D eigenvalue weighted by Crippen LogP contribution is 2.23. The van der Waals surface area contributed by atoms with E-state index in [1.807, 2.05) is 4.90 Å². The summed E-state index contributed by atoms with van der Waals surface area (Å²) in [6, 6.07) is 8.49. The molecule has 1 N–H and O–H groups in total. The summed E-state index contributed by atoms with van der Waals surface area (Å²) in [4.78, 5) is 2.83. The van der Waals surface area contributed by atoms with E-state index < -0.39 is 9.84 Å². The van der Waals surface area contributed by atoms with Gasteiger partial charge in [-0.1, -0.05) is 24.3 Å². The largest absolute Gasteiger partial charge is 0.396 e. The van der Waals surface area contributed by atoms with E-state index in [1.165, 1.54) is 0 Å². The highest BCUT2D eigenvalue weighted by Gasteiger charge is 2.25. The summed E-state index contributed by atoms with van der Waals surface area (Å²) in [5, 5.41) is 8.77. The Kier molecular flexibility index (Phi) is 4.16. The summed E-state index contributed by atoms with van der Waals surface area (Å²) in [5.41, 5.74) is 0. The van der Waals surface area contributed by atoms with Gasteiger partial charge >= 0.3 is 0 Å². The molecule has 0 unspecified atom stereocenters. The zero-order chi connectivity index (χ0) is 13.0. The third-order valence-electron chi connectivity index (χ3n) is 2.99. The van der Waals surface area contributed by atoms with Crippen LogP contribution in [0.3, 0.4) is 0 Å². The maximum Gasteiger partial charge on any atom is 0.203 e. The van der Waals surface area contributed by atoms with Crippen LogP contribution in [-0.2, 0) is 9.84 Å². The lowest BCUT2D eigenvalue weighted by Crippen LogP contribution is -2.24. The molecule has 98 valence electrons. The second kappa shape index (κ2) is 5.65. The van der Waals surface area contributed by atoms with Crippen molar-refractivity contribution < 1.29 is 13.5 Å². The number of aliphatic hydroxyl groups excluding tert-OH is 1. The molecule has 0 aromatic heterocycles. The van der Waals surface area contributed by atoms with E-state index in [0.29, 0.717) is 29.3 Å². The average molecular weight is 267 g/mol. The van der Waals surface area contributed by atoms with E-state index in [0.717, 1.165) is 6.54 Å². The first-order valence-electron chi connectivity index (χ1n) is 5.97. The van der Waals surface area contributed by atoms with Crippen LogP contribution >= 0.6 is 0 Å². The maximum absolute atomic E-state index is 12.3. The van der Waals surface area contributed by atoms with Crippen LogP contribution in [0, 0.1) is 0 Å². The molecule has 5 heteroatoms. The van der Waals surface area contributed by atoms with E-state index in [1.54, 1.807) is 36.4 Å². The topological polar surface area (TPSA) is 57.6 Å². The van der Waals surface area contributed by atoms with Crippen molar-refractivity contribution in [1.82, 2.24) is 4.90 Å². The normalized spacial score (nSPS) is 16.8. The molecule has 0 atom stereocenters. The zero-order valence-electron chi connectivity index (χ0n) is 10.1. The van der Waals surface area contributed by atoms with Gasteiger partial charge in [-0.25, -0.2) is 8.42 Å². The number of hydrogen-bond acceptors (Lipinski definition) is 4. The average Bonchev–Trinajstić information content (AvgIpc) is 2.87. The van der Waals surface area contributed by atoms with Gasteiger partial charge in [0.15, 0.2) is 0 Å². The van der Waals surface area contributed by atoms with E-state index in [9.17, 15) is 8.42 Å². The third kappa shape index (κ3) is 2.80. The van der Waals surface area contributed by atoms with Gasteiger partial charge in [0, 0.05) is 26.2 Å². The SMILES string of the molecule is O=S(=O)(C1=CCN(CCCO)C1)c1ccccc1. The minimum absolute atomic E-state index is 0.136.